The Balaban J connectivity index is 2.23. The van der Waals surface area contributed by atoms with Gasteiger partial charge in [0.15, 0.2) is 0 Å². The minimum absolute atomic E-state index is 0.338. The monoisotopic (exact) mass is 314 g/mol. The number of carbonyl (C=O) groups is 1. The molecule has 0 saturated heterocycles. The van der Waals surface area contributed by atoms with Crippen molar-refractivity contribution >= 4 is 6.09 Å². The lowest BCUT2D eigenvalue weighted by Gasteiger charge is -2.37. The van der Waals surface area contributed by atoms with E-state index in [1.54, 1.807) is 6.92 Å². The van der Waals surface area contributed by atoms with Gasteiger partial charge in [0, 0.05) is 13.0 Å². The maximum atomic E-state index is 11.3. The zero-order valence-corrected chi connectivity index (χ0v) is 13.1. The summed E-state index contributed by atoms with van der Waals surface area (Å²) < 4.78 is 0. The number of carboxylic acid groups (broad SMARTS) is 1. The molecule has 2 aromatic rings. The first-order valence-corrected chi connectivity index (χ1v) is 7.54. The summed E-state index contributed by atoms with van der Waals surface area (Å²) >= 11 is 0. The largest absolute Gasteiger partial charge is 0.465 e. The highest BCUT2D eigenvalue weighted by molar-refractivity contribution is 5.65. The van der Waals surface area contributed by atoms with E-state index in [4.69, 9.17) is 0 Å². The van der Waals surface area contributed by atoms with Gasteiger partial charge in [-0.2, -0.15) is 0 Å². The van der Waals surface area contributed by atoms with Crippen molar-refractivity contribution in [3.63, 3.8) is 0 Å². The van der Waals surface area contributed by atoms with Crippen molar-refractivity contribution < 1.29 is 15.0 Å². The van der Waals surface area contributed by atoms with Crippen LogP contribution in [0.25, 0.3) is 0 Å². The summed E-state index contributed by atoms with van der Waals surface area (Å²) in [6.07, 6.45) is -1.75. The molecule has 0 bridgehead atoms. The number of nitrogens with one attached hydrogen (secondary N) is 2. The van der Waals surface area contributed by atoms with Gasteiger partial charge < -0.3 is 15.5 Å². The molecule has 0 aliphatic heterocycles. The van der Waals surface area contributed by atoms with E-state index in [0.717, 1.165) is 11.1 Å². The first-order valence-electron chi connectivity index (χ1n) is 7.54. The van der Waals surface area contributed by atoms with Gasteiger partial charge >= 0.3 is 6.09 Å². The third-order valence-corrected chi connectivity index (χ3v) is 3.82. The van der Waals surface area contributed by atoms with Crippen LogP contribution < -0.4 is 10.6 Å². The summed E-state index contributed by atoms with van der Waals surface area (Å²) in [4.78, 5) is 11.3. The van der Waals surface area contributed by atoms with Crippen LogP contribution in [0, 0.1) is 0 Å². The van der Waals surface area contributed by atoms with Crippen molar-refractivity contribution in [3.8, 4) is 0 Å². The van der Waals surface area contributed by atoms with Crippen molar-refractivity contribution in [2.45, 2.75) is 31.7 Å². The first-order chi connectivity index (χ1) is 11.0. The van der Waals surface area contributed by atoms with Gasteiger partial charge in [0.2, 0.25) is 0 Å². The van der Waals surface area contributed by atoms with Gasteiger partial charge in [-0.3, -0.25) is 5.32 Å². The fourth-order valence-electron chi connectivity index (χ4n) is 2.52. The smallest absolute Gasteiger partial charge is 0.406 e. The topological polar surface area (TPSA) is 81.6 Å². The van der Waals surface area contributed by atoms with Gasteiger partial charge in [0.25, 0.3) is 0 Å². The van der Waals surface area contributed by atoms with Crippen molar-refractivity contribution in [2.75, 3.05) is 0 Å². The molecule has 23 heavy (non-hydrogen) atoms. The van der Waals surface area contributed by atoms with E-state index >= 15 is 0 Å². The normalized spacial score (nSPS) is 14.7. The molecule has 0 heterocycles. The molecule has 0 spiro atoms. The maximum Gasteiger partial charge on any atom is 0.406 e. The number of hydrogen-bond acceptors (Lipinski definition) is 3. The Labute approximate surface area is 136 Å². The molecule has 2 rings (SSSR count). The molecular weight excluding hydrogens is 292 g/mol. The van der Waals surface area contributed by atoms with Gasteiger partial charge in [0.05, 0.1) is 6.10 Å². The van der Waals surface area contributed by atoms with E-state index in [-0.39, 0.29) is 0 Å². The molecule has 0 radical (unpaired) electrons. The van der Waals surface area contributed by atoms with E-state index in [2.05, 4.69) is 10.6 Å². The van der Waals surface area contributed by atoms with Crippen LogP contribution in [0.2, 0.25) is 0 Å². The van der Waals surface area contributed by atoms with Crippen molar-refractivity contribution in [1.29, 1.82) is 0 Å². The van der Waals surface area contributed by atoms with E-state index in [1.165, 1.54) is 0 Å². The van der Waals surface area contributed by atoms with Crippen LogP contribution in [0.15, 0.2) is 60.7 Å². The fourth-order valence-corrected chi connectivity index (χ4v) is 2.52. The number of hydrogen-bond donors (Lipinski definition) is 4. The van der Waals surface area contributed by atoms with Crippen LogP contribution in [0.3, 0.4) is 0 Å². The predicted molar refractivity (Wildman–Crippen MR) is 89.0 cm³/mol. The lowest BCUT2D eigenvalue weighted by atomic mass is 9.94. The molecule has 0 aliphatic rings. The second kappa shape index (κ2) is 7.76. The molecule has 0 fully saturated rings. The highest BCUT2D eigenvalue weighted by atomic mass is 16.4. The second-order valence-corrected chi connectivity index (χ2v) is 5.58. The van der Waals surface area contributed by atoms with E-state index in [0.29, 0.717) is 13.0 Å². The molecule has 4 N–H and O–H groups in total. The predicted octanol–water partition coefficient (Wildman–Crippen LogP) is 2.36. The molecule has 1 amide bonds. The van der Waals surface area contributed by atoms with Crippen LogP contribution in [-0.4, -0.2) is 28.1 Å². The highest BCUT2D eigenvalue weighted by Gasteiger charge is 2.36. The fraction of sp³-hybridized carbons (Fsp3) is 0.278. The van der Waals surface area contributed by atoms with Crippen molar-refractivity contribution in [1.82, 2.24) is 10.6 Å². The Kier molecular flexibility index (Phi) is 5.73. The quantitative estimate of drug-likeness (QED) is 0.591. The van der Waals surface area contributed by atoms with Crippen LogP contribution in [0.4, 0.5) is 4.79 Å². The summed E-state index contributed by atoms with van der Waals surface area (Å²) in [6.45, 7) is 2.02. The molecule has 2 atom stereocenters. The average Bonchev–Trinajstić information content (AvgIpc) is 2.54. The Morgan fingerprint density at radius 1 is 1.04 bits per heavy atom. The Morgan fingerprint density at radius 2 is 1.57 bits per heavy atom. The van der Waals surface area contributed by atoms with Crippen molar-refractivity contribution in [3.05, 3.63) is 71.8 Å². The van der Waals surface area contributed by atoms with Gasteiger partial charge in [-0.15, -0.1) is 0 Å². The molecule has 2 unspecified atom stereocenters. The summed E-state index contributed by atoms with van der Waals surface area (Å²) in [5.74, 6) is 0. The lowest BCUT2D eigenvalue weighted by Crippen LogP contribution is -2.66. The maximum absolute atomic E-state index is 11.3. The number of rotatable bonds is 7. The van der Waals surface area contributed by atoms with Gasteiger partial charge in [-0.1, -0.05) is 60.7 Å². The number of aliphatic hydroxyl groups excluding tert-OH is 1. The number of amides is 1. The van der Waals surface area contributed by atoms with Gasteiger partial charge in [-0.05, 0) is 18.1 Å². The molecule has 2 aromatic carbocycles. The number of aliphatic hydroxyl groups is 1. The van der Waals surface area contributed by atoms with E-state index in [9.17, 15) is 15.0 Å². The summed E-state index contributed by atoms with van der Waals surface area (Å²) in [5.41, 5.74) is 0.781. The molecule has 0 saturated carbocycles. The van der Waals surface area contributed by atoms with Crippen LogP contribution in [0.1, 0.15) is 18.1 Å². The second-order valence-electron chi connectivity index (χ2n) is 5.58. The van der Waals surface area contributed by atoms with Gasteiger partial charge in [0.1, 0.15) is 5.66 Å². The first kappa shape index (κ1) is 17.0. The van der Waals surface area contributed by atoms with Crippen LogP contribution >= 0.6 is 0 Å². The summed E-state index contributed by atoms with van der Waals surface area (Å²) in [6, 6.07) is 19.1. The molecule has 0 aromatic heterocycles. The van der Waals surface area contributed by atoms with Crippen LogP contribution in [-0.2, 0) is 13.0 Å². The lowest BCUT2D eigenvalue weighted by molar-refractivity contribution is 0.0473. The minimum Gasteiger partial charge on any atom is -0.465 e. The molecule has 5 heteroatoms. The SMILES string of the molecule is CC(O)C(Cc1ccccc1)(NCc1ccccc1)NC(=O)O. The molecule has 0 aliphatic carbocycles. The Hall–Kier alpha value is -2.37. The van der Waals surface area contributed by atoms with E-state index in [1.807, 2.05) is 60.7 Å². The van der Waals surface area contributed by atoms with Crippen molar-refractivity contribution in [2.24, 2.45) is 0 Å². The molecular formula is C18H22N2O3. The Bertz CT molecular complexity index is 617. The standard InChI is InChI=1S/C18H22N2O3/c1-14(21)18(20-17(22)23,12-15-8-4-2-5-9-15)19-13-16-10-6-3-7-11-16/h2-11,14,19-21H,12-13H2,1H3,(H,22,23). The highest BCUT2D eigenvalue weighted by Crippen LogP contribution is 2.17. The summed E-state index contributed by atoms with van der Waals surface area (Å²) in [5, 5.41) is 25.1. The van der Waals surface area contributed by atoms with E-state index < -0.39 is 17.9 Å². The van der Waals surface area contributed by atoms with Crippen LogP contribution in [0.5, 0.6) is 0 Å². The average molecular weight is 314 g/mol. The molecule has 122 valence electrons. The summed E-state index contributed by atoms with van der Waals surface area (Å²) in [7, 11) is 0. The van der Waals surface area contributed by atoms with Gasteiger partial charge in [-0.25, -0.2) is 4.79 Å². The zero-order valence-electron chi connectivity index (χ0n) is 13.1. The minimum atomic E-state index is -1.18. The number of benzene rings is 2. The third kappa shape index (κ3) is 4.81. The third-order valence-electron chi connectivity index (χ3n) is 3.82. The zero-order chi connectivity index (χ0) is 16.7. The molecule has 5 nitrogen and oxygen atoms in total. The Morgan fingerprint density at radius 3 is 2.04 bits per heavy atom.